The maximum Gasteiger partial charge on any atom is 0.426 e. The molecule has 0 saturated carbocycles. The lowest BCUT2D eigenvalue weighted by atomic mass is 9.95. The molecule has 0 spiro atoms. The van der Waals surface area contributed by atoms with Gasteiger partial charge in [0.2, 0.25) is 11.2 Å². The van der Waals surface area contributed by atoms with Crippen LogP contribution in [0.3, 0.4) is 0 Å². The van der Waals surface area contributed by atoms with E-state index in [4.69, 9.17) is 21.2 Å². The number of carbonyl (C=O) groups is 2. The molecule has 15 heteroatoms. The molecule has 8 nitrogen and oxygen atoms in total. The van der Waals surface area contributed by atoms with Gasteiger partial charge in [0.15, 0.2) is 0 Å². The van der Waals surface area contributed by atoms with E-state index in [0.717, 1.165) is 0 Å². The highest BCUT2D eigenvalue weighted by molar-refractivity contribution is 5.86. The van der Waals surface area contributed by atoms with Gasteiger partial charge in [-0.3, -0.25) is 20.4 Å². The third-order valence-corrected chi connectivity index (χ3v) is 5.97. The van der Waals surface area contributed by atoms with Gasteiger partial charge in [-0.05, 0) is 36.8 Å². The first-order valence-electron chi connectivity index (χ1n) is 12.5. The zero-order valence-electron chi connectivity index (χ0n) is 23.0. The van der Waals surface area contributed by atoms with E-state index in [2.05, 4.69) is 13.2 Å². The molecule has 0 aliphatic carbocycles. The van der Waals surface area contributed by atoms with Gasteiger partial charge in [-0.25, -0.2) is 11.7 Å². The summed E-state index contributed by atoms with van der Waals surface area (Å²) in [5.74, 6) is 6.93. The maximum atomic E-state index is 13.4. The van der Waals surface area contributed by atoms with Crippen molar-refractivity contribution in [2.45, 2.75) is 62.5 Å². The number of benzene rings is 2. The number of carbonyl (C=O) groups excluding carboxylic acids is 2. The van der Waals surface area contributed by atoms with Crippen LogP contribution < -0.4 is 22.5 Å². The van der Waals surface area contributed by atoms with E-state index in [1.54, 1.807) is 60.7 Å². The highest BCUT2D eigenvalue weighted by Crippen LogP contribution is 2.39. The molecule has 43 heavy (non-hydrogen) atoms. The lowest BCUT2D eigenvalue weighted by Gasteiger charge is -2.33. The quantitative estimate of drug-likeness (QED) is 0.0725. The smallest absolute Gasteiger partial charge is 0.352 e. The molecule has 0 saturated heterocycles. The van der Waals surface area contributed by atoms with Crippen molar-refractivity contribution in [1.29, 1.82) is 0 Å². The van der Waals surface area contributed by atoms with Gasteiger partial charge < -0.3 is 9.47 Å². The molecule has 0 fully saturated rings. The number of ether oxygens (including phenoxy) is 2. The third kappa shape index (κ3) is 11.0. The summed E-state index contributed by atoms with van der Waals surface area (Å²) in [6.45, 7) is 6.01. The summed E-state index contributed by atoms with van der Waals surface area (Å²) >= 11 is 0. The van der Waals surface area contributed by atoms with E-state index in [9.17, 15) is 35.9 Å². The largest absolute Gasteiger partial charge is 0.426 e. The number of nitrogens with one attached hydrogen (secondary N) is 2. The number of halogens is 7. The van der Waals surface area contributed by atoms with E-state index >= 15 is 0 Å². The van der Waals surface area contributed by atoms with Gasteiger partial charge in [0, 0.05) is 0 Å². The van der Waals surface area contributed by atoms with Crippen LogP contribution in [0.5, 0.6) is 0 Å². The molecular formula is C28H35ClF6N4O4. The lowest BCUT2D eigenvalue weighted by molar-refractivity contribution is -0.273. The predicted molar refractivity (Wildman–Crippen MR) is 151 cm³/mol. The Morgan fingerprint density at radius 3 is 1.21 bits per heavy atom. The molecule has 2 aromatic carbocycles. The topological polar surface area (TPSA) is 129 Å². The zero-order chi connectivity index (χ0) is 31.9. The van der Waals surface area contributed by atoms with Crippen LogP contribution in [0.2, 0.25) is 0 Å². The van der Waals surface area contributed by atoms with Crippen molar-refractivity contribution in [2.24, 2.45) is 11.7 Å². The van der Waals surface area contributed by atoms with Crippen molar-refractivity contribution in [1.82, 2.24) is 10.9 Å². The summed E-state index contributed by atoms with van der Waals surface area (Å²) in [4.78, 5) is 23.4. The van der Waals surface area contributed by atoms with E-state index in [1.807, 2.05) is 0 Å². The van der Waals surface area contributed by atoms with Gasteiger partial charge in [-0.1, -0.05) is 72.8 Å². The third-order valence-electron chi connectivity index (χ3n) is 5.97. The maximum absolute atomic E-state index is 13.4. The molecule has 2 atom stereocenters. The Labute approximate surface area is 251 Å². The number of hydrogen-bond acceptors (Lipinski definition) is 6. The Balaban J connectivity index is 0.000000802. The first kappa shape index (κ1) is 39.6. The molecule has 0 unspecified atom stereocenters. The highest BCUT2D eigenvalue weighted by Gasteiger charge is 2.62. The molecule has 0 aromatic heterocycles. The average molecular weight is 641 g/mol. The Hall–Kier alpha value is -3.43. The Kier molecular flexibility index (Phi) is 16.8. The normalized spacial score (nSPS) is 14.0. The van der Waals surface area contributed by atoms with Crippen molar-refractivity contribution in [3.8, 4) is 0 Å². The fraction of sp³-hybridized carbons (Fsp3) is 0.357. The van der Waals surface area contributed by atoms with Crippen LogP contribution in [0.1, 0.15) is 36.8 Å². The molecule has 0 bridgehead atoms. The monoisotopic (exact) mass is 640 g/mol. The Bertz CT molecular complexity index is 1050. The van der Waals surface area contributed by atoms with Crippen molar-refractivity contribution >= 4 is 24.2 Å². The summed E-state index contributed by atoms with van der Waals surface area (Å²) in [7, 11) is 0. The van der Waals surface area contributed by atoms with E-state index in [0.29, 0.717) is 11.1 Å². The number of amides is 2. The summed E-state index contributed by atoms with van der Waals surface area (Å²) in [6, 6.07) is 16.5. The molecule has 240 valence electrons. The fourth-order valence-corrected chi connectivity index (χ4v) is 3.61. The van der Waals surface area contributed by atoms with Crippen molar-refractivity contribution < 1.29 is 45.4 Å². The second kappa shape index (κ2) is 18.3. The van der Waals surface area contributed by atoms with Gasteiger partial charge in [0.1, 0.15) is 0 Å². The van der Waals surface area contributed by atoms with Crippen LogP contribution in [0.25, 0.3) is 0 Å². The molecule has 0 radical (unpaired) electrons. The van der Waals surface area contributed by atoms with E-state index in [1.165, 1.54) is 23.0 Å². The molecule has 6 N–H and O–H groups in total. The van der Waals surface area contributed by atoms with Crippen LogP contribution in [-0.4, -0.2) is 35.4 Å². The summed E-state index contributed by atoms with van der Waals surface area (Å²) in [6.07, 6.45) is -8.47. The number of rotatable bonds is 14. The van der Waals surface area contributed by atoms with Gasteiger partial charge in [-0.15, -0.1) is 25.6 Å². The summed E-state index contributed by atoms with van der Waals surface area (Å²) < 4.78 is 90.1. The van der Waals surface area contributed by atoms with Gasteiger partial charge >= 0.3 is 12.4 Å². The first-order chi connectivity index (χ1) is 19.7. The average Bonchev–Trinajstić information content (AvgIpc) is 2.97. The molecule has 2 aromatic rings. The first-order valence-corrected chi connectivity index (χ1v) is 12.5. The Morgan fingerprint density at radius 1 is 0.674 bits per heavy atom. The SMILES string of the molecule is C=CCC[C@@](OCc1ccccc1)(C(=O)NN)C(F)(F)F.C=CCC[C@@](OCc1ccccc1)(C(=O)NN)C(F)(F)F.Cl. The predicted octanol–water partition coefficient (Wildman–Crippen LogP) is 5.34. The molecule has 2 rings (SSSR count). The van der Waals surface area contributed by atoms with Crippen LogP contribution in [0.4, 0.5) is 26.3 Å². The number of hydrazine groups is 2. The second-order valence-corrected chi connectivity index (χ2v) is 8.80. The second-order valence-electron chi connectivity index (χ2n) is 8.80. The highest BCUT2D eigenvalue weighted by atomic mass is 35.5. The van der Waals surface area contributed by atoms with Gasteiger partial charge in [-0.2, -0.15) is 26.3 Å². The van der Waals surface area contributed by atoms with Crippen LogP contribution in [0.15, 0.2) is 86.0 Å². The summed E-state index contributed by atoms with van der Waals surface area (Å²) in [5.41, 5.74) is -1.86. The number of nitrogens with two attached hydrogens (primary N) is 2. The molecule has 0 aliphatic rings. The minimum atomic E-state index is -4.89. The number of allylic oxidation sites excluding steroid dienone is 2. The summed E-state index contributed by atoms with van der Waals surface area (Å²) in [5, 5.41) is 0. The van der Waals surface area contributed by atoms with Crippen molar-refractivity contribution in [3.63, 3.8) is 0 Å². The molecule has 0 aliphatic heterocycles. The molecular weight excluding hydrogens is 606 g/mol. The van der Waals surface area contributed by atoms with Gasteiger partial charge in [0.25, 0.3) is 11.8 Å². The van der Waals surface area contributed by atoms with Crippen molar-refractivity contribution in [3.05, 3.63) is 97.1 Å². The van der Waals surface area contributed by atoms with Crippen LogP contribution >= 0.6 is 12.4 Å². The van der Waals surface area contributed by atoms with Crippen molar-refractivity contribution in [2.75, 3.05) is 0 Å². The van der Waals surface area contributed by atoms with Crippen LogP contribution in [0, 0.1) is 0 Å². The Morgan fingerprint density at radius 2 is 0.977 bits per heavy atom. The molecule has 0 heterocycles. The fourth-order valence-electron chi connectivity index (χ4n) is 3.61. The zero-order valence-corrected chi connectivity index (χ0v) is 23.9. The lowest BCUT2D eigenvalue weighted by Crippen LogP contribution is -2.60. The minimum absolute atomic E-state index is 0. The standard InChI is InChI=1S/2C14H17F3N2O2.ClH/c2*1-2-3-9-13(12(20)19-18,14(15,16)17)21-10-11-7-5-4-6-8-11;/h2*2,4-8H,1,3,9-10,18H2,(H,19,20);1H/t2*13-;/m11./s1. The van der Waals surface area contributed by atoms with E-state index in [-0.39, 0.29) is 38.5 Å². The number of alkyl halides is 6. The van der Waals surface area contributed by atoms with Crippen LogP contribution in [-0.2, 0) is 32.3 Å². The van der Waals surface area contributed by atoms with E-state index < -0.39 is 48.2 Å². The molecule has 2 amide bonds. The number of hydrogen-bond donors (Lipinski definition) is 4. The minimum Gasteiger partial charge on any atom is -0.352 e. The van der Waals surface area contributed by atoms with Gasteiger partial charge in [0.05, 0.1) is 13.2 Å².